The normalized spacial score (nSPS) is 11.0. The zero-order valence-corrected chi connectivity index (χ0v) is 18.0. The molecule has 0 saturated heterocycles. The van der Waals surface area contributed by atoms with Crippen molar-refractivity contribution in [3.05, 3.63) is 79.6 Å². The van der Waals surface area contributed by atoms with Crippen LogP contribution in [-0.2, 0) is 6.42 Å². The summed E-state index contributed by atoms with van der Waals surface area (Å²) in [6, 6.07) is 10.0. The van der Waals surface area contributed by atoms with Gasteiger partial charge in [-0.15, -0.1) is 0 Å². The number of nitro benzene ring substituents is 1. The first-order valence-electron chi connectivity index (χ1n) is 9.14. The molecule has 0 radical (unpaired) electrons. The van der Waals surface area contributed by atoms with Crippen LogP contribution in [0.2, 0.25) is 10.0 Å². The molecule has 158 valence electrons. The van der Waals surface area contributed by atoms with Gasteiger partial charge >= 0.3 is 0 Å². The molecule has 0 aliphatic rings. The second-order valence-corrected chi connectivity index (χ2v) is 7.60. The van der Waals surface area contributed by atoms with E-state index in [0.717, 1.165) is 22.6 Å². The lowest BCUT2D eigenvalue weighted by molar-refractivity contribution is -0.384. The van der Waals surface area contributed by atoms with Crippen molar-refractivity contribution in [2.45, 2.75) is 13.3 Å². The fraction of sp³-hybridized carbons (Fsp3) is 0.143. The first-order chi connectivity index (χ1) is 14.9. The molecule has 0 fully saturated rings. The Bertz CT molecular complexity index is 1270. The molecule has 2 aromatic carbocycles. The summed E-state index contributed by atoms with van der Waals surface area (Å²) >= 11 is 12.5. The number of hydrogen-bond acceptors (Lipinski definition) is 6. The highest BCUT2D eigenvalue weighted by Gasteiger charge is 2.21. The van der Waals surface area contributed by atoms with E-state index in [1.807, 2.05) is 31.2 Å². The molecule has 0 saturated carbocycles. The van der Waals surface area contributed by atoms with E-state index in [0.29, 0.717) is 23.2 Å². The molecule has 4 aromatic rings. The number of nitrogens with one attached hydrogen (secondary N) is 1. The van der Waals surface area contributed by atoms with E-state index in [9.17, 15) is 10.1 Å². The Balaban J connectivity index is 1.81. The maximum Gasteiger partial charge on any atom is 0.272 e. The lowest BCUT2D eigenvalue weighted by Crippen LogP contribution is -1.98. The molecule has 0 bridgehead atoms. The Labute approximate surface area is 186 Å². The Hall–Kier alpha value is -3.36. The van der Waals surface area contributed by atoms with Crippen molar-refractivity contribution in [3.8, 4) is 17.2 Å². The van der Waals surface area contributed by atoms with Gasteiger partial charge in [0.15, 0.2) is 11.4 Å². The third-order valence-corrected chi connectivity index (χ3v) is 5.30. The van der Waals surface area contributed by atoms with E-state index in [1.165, 1.54) is 12.1 Å². The second-order valence-electron chi connectivity index (χ2n) is 6.78. The van der Waals surface area contributed by atoms with Crippen LogP contribution in [0.25, 0.3) is 11.0 Å². The Morgan fingerprint density at radius 1 is 1.13 bits per heavy atom. The number of nitrogens with zero attached hydrogens (tertiary/aromatic N) is 3. The largest absolute Gasteiger partial charge is 0.497 e. The van der Waals surface area contributed by atoms with Gasteiger partial charge in [-0.05, 0) is 24.6 Å². The Morgan fingerprint density at radius 3 is 2.42 bits per heavy atom. The standard InChI is InChI=1S/C21H16Cl2N4O4/c1-11-18-19(31-20-16(22)8-14(27(28)29)9-17(20)23)13(10-24-21(18)26-25-11)7-12-3-5-15(30-2)6-4-12/h3-6,8-10H,7H2,1-2H3,(H,24,25,26). The van der Waals surface area contributed by atoms with E-state index < -0.39 is 4.92 Å². The molecule has 0 atom stereocenters. The number of benzene rings is 2. The lowest BCUT2D eigenvalue weighted by atomic mass is 10.0. The molecule has 4 rings (SSSR count). The van der Waals surface area contributed by atoms with Crippen LogP contribution in [0.3, 0.4) is 0 Å². The van der Waals surface area contributed by atoms with Gasteiger partial charge in [0.1, 0.15) is 11.5 Å². The fourth-order valence-corrected chi connectivity index (χ4v) is 3.75. The van der Waals surface area contributed by atoms with Crippen molar-refractivity contribution in [2.24, 2.45) is 0 Å². The number of nitro groups is 1. The lowest BCUT2D eigenvalue weighted by Gasteiger charge is -2.15. The highest BCUT2D eigenvalue weighted by molar-refractivity contribution is 6.37. The van der Waals surface area contributed by atoms with Crippen molar-refractivity contribution in [3.63, 3.8) is 0 Å². The van der Waals surface area contributed by atoms with Gasteiger partial charge < -0.3 is 9.47 Å². The molecule has 0 unspecified atom stereocenters. The van der Waals surface area contributed by atoms with Gasteiger partial charge in [0, 0.05) is 36.0 Å². The first-order valence-corrected chi connectivity index (χ1v) is 9.89. The van der Waals surface area contributed by atoms with Crippen molar-refractivity contribution in [1.29, 1.82) is 0 Å². The van der Waals surface area contributed by atoms with Gasteiger partial charge in [-0.25, -0.2) is 4.98 Å². The number of methoxy groups -OCH3 is 1. The number of rotatable bonds is 6. The molecule has 31 heavy (non-hydrogen) atoms. The summed E-state index contributed by atoms with van der Waals surface area (Å²) in [5.74, 6) is 1.35. The van der Waals surface area contributed by atoms with Crippen molar-refractivity contribution >= 4 is 39.9 Å². The zero-order chi connectivity index (χ0) is 22.1. The second kappa shape index (κ2) is 8.41. The van der Waals surface area contributed by atoms with Crippen LogP contribution in [0, 0.1) is 17.0 Å². The third kappa shape index (κ3) is 4.12. The predicted octanol–water partition coefficient (Wildman–Crippen LogP) is 5.87. The minimum absolute atomic E-state index is 0.0284. The molecule has 2 aromatic heterocycles. The van der Waals surface area contributed by atoms with Crippen LogP contribution < -0.4 is 9.47 Å². The number of halogens is 2. The molecule has 8 nitrogen and oxygen atoms in total. The molecule has 10 heteroatoms. The highest BCUT2D eigenvalue weighted by Crippen LogP contribution is 2.42. The summed E-state index contributed by atoms with van der Waals surface area (Å²) in [7, 11) is 1.61. The number of non-ortho nitro benzene ring substituents is 1. The zero-order valence-electron chi connectivity index (χ0n) is 16.5. The van der Waals surface area contributed by atoms with Crippen LogP contribution in [-0.4, -0.2) is 27.2 Å². The molecule has 0 aliphatic heterocycles. The molecule has 2 heterocycles. The Kier molecular flexibility index (Phi) is 5.67. The van der Waals surface area contributed by atoms with Gasteiger partial charge in [-0.2, -0.15) is 5.10 Å². The number of aryl methyl sites for hydroxylation is 1. The minimum Gasteiger partial charge on any atom is -0.497 e. The van der Waals surface area contributed by atoms with Gasteiger partial charge in [0.25, 0.3) is 5.69 Å². The summed E-state index contributed by atoms with van der Waals surface area (Å²) in [5.41, 5.74) is 2.78. The monoisotopic (exact) mass is 458 g/mol. The maximum atomic E-state index is 11.1. The average Bonchev–Trinajstić information content (AvgIpc) is 3.13. The topological polar surface area (TPSA) is 103 Å². The number of ether oxygens (including phenoxy) is 2. The number of aromatic amines is 1. The van der Waals surface area contributed by atoms with E-state index in [1.54, 1.807) is 13.3 Å². The van der Waals surface area contributed by atoms with Crippen molar-refractivity contribution < 1.29 is 14.4 Å². The van der Waals surface area contributed by atoms with E-state index in [2.05, 4.69) is 15.2 Å². The summed E-state index contributed by atoms with van der Waals surface area (Å²) in [6.45, 7) is 1.85. The van der Waals surface area contributed by atoms with E-state index in [4.69, 9.17) is 32.7 Å². The number of hydrogen-bond donors (Lipinski definition) is 1. The molecule has 0 amide bonds. The number of fused-ring (bicyclic) bond motifs is 1. The predicted molar refractivity (Wildman–Crippen MR) is 118 cm³/mol. The van der Waals surface area contributed by atoms with Crippen LogP contribution in [0.1, 0.15) is 16.8 Å². The van der Waals surface area contributed by atoms with Crippen LogP contribution in [0.15, 0.2) is 42.6 Å². The van der Waals surface area contributed by atoms with Gasteiger partial charge in [0.05, 0.1) is 27.5 Å². The van der Waals surface area contributed by atoms with Crippen LogP contribution in [0.4, 0.5) is 5.69 Å². The van der Waals surface area contributed by atoms with E-state index in [-0.39, 0.29) is 21.5 Å². The summed E-state index contributed by atoms with van der Waals surface area (Å²) in [4.78, 5) is 14.9. The summed E-state index contributed by atoms with van der Waals surface area (Å²) < 4.78 is 11.4. The van der Waals surface area contributed by atoms with Crippen LogP contribution >= 0.6 is 23.2 Å². The fourth-order valence-electron chi connectivity index (χ4n) is 3.20. The first kappa shape index (κ1) is 20.9. The average molecular weight is 459 g/mol. The third-order valence-electron chi connectivity index (χ3n) is 4.74. The number of pyridine rings is 1. The van der Waals surface area contributed by atoms with Crippen molar-refractivity contribution in [1.82, 2.24) is 15.2 Å². The van der Waals surface area contributed by atoms with Crippen molar-refractivity contribution in [2.75, 3.05) is 7.11 Å². The molecular formula is C21H16Cl2N4O4. The molecule has 1 N–H and O–H groups in total. The minimum atomic E-state index is -0.568. The molecule has 0 spiro atoms. The quantitative estimate of drug-likeness (QED) is 0.286. The number of aromatic nitrogens is 3. The van der Waals surface area contributed by atoms with Gasteiger partial charge in [0.2, 0.25) is 0 Å². The van der Waals surface area contributed by atoms with Gasteiger partial charge in [-0.1, -0.05) is 35.3 Å². The summed E-state index contributed by atoms with van der Waals surface area (Å²) in [5, 5.41) is 18.9. The maximum absolute atomic E-state index is 11.1. The van der Waals surface area contributed by atoms with E-state index >= 15 is 0 Å². The van der Waals surface area contributed by atoms with Crippen LogP contribution in [0.5, 0.6) is 17.2 Å². The SMILES string of the molecule is COc1ccc(Cc2cnc3n[nH]c(C)c3c2Oc2c(Cl)cc([N+](=O)[O-])cc2Cl)cc1. The Morgan fingerprint density at radius 2 is 1.81 bits per heavy atom. The molecule has 0 aliphatic carbocycles. The smallest absolute Gasteiger partial charge is 0.272 e. The molecular weight excluding hydrogens is 443 g/mol. The highest BCUT2D eigenvalue weighted by atomic mass is 35.5. The number of H-pyrrole nitrogens is 1. The summed E-state index contributed by atoms with van der Waals surface area (Å²) in [6.07, 6.45) is 2.19. The van der Waals surface area contributed by atoms with Gasteiger partial charge in [-0.3, -0.25) is 15.2 Å².